The van der Waals surface area contributed by atoms with Crippen molar-refractivity contribution in [2.75, 3.05) is 22.9 Å². The second-order valence-corrected chi connectivity index (χ2v) is 4.43. The summed E-state index contributed by atoms with van der Waals surface area (Å²) in [6.45, 7) is 2.69. The van der Waals surface area contributed by atoms with Gasteiger partial charge in [0.25, 0.3) is 0 Å². The van der Waals surface area contributed by atoms with Crippen LogP contribution in [0.15, 0.2) is 6.07 Å². The molecule has 0 spiro atoms. The zero-order chi connectivity index (χ0) is 11.9. The molecule has 0 unspecified atom stereocenters. The van der Waals surface area contributed by atoms with E-state index in [-0.39, 0.29) is 10.7 Å². The summed E-state index contributed by atoms with van der Waals surface area (Å²) in [7, 11) is 0. The zero-order valence-corrected chi connectivity index (χ0v) is 9.89. The number of nitrogen functional groups attached to an aromatic ring is 2. The molecule has 0 aliphatic heterocycles. The highest BCUT2D eigenvalue weighted by molar-refractivity contribution is 6.33. The van der Waals surface area contributed by atoms with E-state index in [1.54, 1.807) is 0 Å². The minimum absolute atomic E-state index is 0.0386. The Morgan fingerprint density at radius 2 is 2.06 bits per heavy atom. The molecule has 1 saturated carbocycles. The molecule has 0 atom stereocenters. The number of anilines is 3. The summed E-state index contributed by atoms with van der Waals surface area (Å²) < 4.78 is 14.0. The van der Waals surface area contributed by atoms with E-state index < -0.39 is 5.82 Å². The summed E-state index contributed by atoms with van der Waals surface area (Å²) in [5, 5.41) is -0.0386. The highest BCUT2D eigenvalue weighted by Crippen LogP contribution is 2.40. The highest BCUT2D eigenvalue weighted by atomic mass is 35.5. The van der Waals surface area contributed by atoms with Crippen molar-refractivity contribution in [3.05, 3.63) is 16.9 Å². The molecular formula is C11H15ClFN3. The first-order valence-corrected chi connectivity index (χ1v) is 5.73. The van der Waals surface area contributed by atoms with Crippen LogP contribution < -0.4 is 16.4 Å². The Morgan fingerprint density at radius 3 is 2.56 bits per heavy atom. The Kier molecular flexibility index (Phi) is 2.84. The van der Waals surface area contributed by atoms with E-state index in [4.69, 9.17) is 23.1 Å². The van der Waals surface area contributed by atoms with E-state index >= 15 is 0 Å². The number of rotatable bonds is 3. The van der Waals surface area contributed by atoms with Gasteiger partial charge in [-0.2, -0.15) is 0 Å². The quantitative estimate of drug-likeness (QED) is 0.803. The summed E-state index contributed by atoms with van der Waals surface area (Å²) in [4.78, 5) is 1.95. The Morgan fingerprint density at radius 1 is 1.44 bits per heavy atom. The third kappa shape index (κ3) is 1.78. The maximum Gasteiger partial charge on any atom is 0.169 e. The SMILES string of the molecule is CCN(c1c(N)cc(N)c(Cl)c1F)C1CC1. The van der Waals surface area contributed by atoms with Crippen molar-refractivity contribution < 1.29 is 4.39 Å². The first-order valence-electron chi connectivity index (χ1n) is 5.35. The van der Waals surface area contributed by atoms with Crippen LogP contribution in [-0.4, -0.2) is 12.6 Å². The van der Waals surface area contributed by atoms with Gasteiger partial charge in [0.15, 0.2) is 5.82 Å². The molecule has 3 nitrogen and oxygen atoms in total. The van der Waals surface area contributed by atoms with Crippen LogP contribution in [0.5, 0.6) is 0 Å². The molecule has 1 aromatic carbocycles. The van der Waals surface area contributed by atoms with E-state index in [0.29, 0.717) is 24.0 Å². The van der Waals surface area contributed by atoms with Crippen molar-refractivity contribution >= 4 is 28.7 Å². The Hall–Kier alpha value is -1.16. The maximum absolute atomic E-state index is 14.0. The lowest BCUT2D eigenvalue weighted by atomic mass is 10.2. The van der Waals surface area contributed by atoms with Crippen molar-refractivity contribution in [1.82, 2.24) is 0 Å². The number of benzene rings is 1. The largest absolute Gasteiger partial charge is 0.397 e. The predicted molar refractivity (Wildman–Crippen MR) is 66.3 cm³/mol. The van der Waals surface area contributed by atoms with E-state index in [1.165, 1.54) is 6.07 Å². The fourth-order valence-electron chi connectivity index (χ4n) is 1.93. The van der Waals surface area contributed by atoms with Crippen LogP contribution in [0.1, 0.15) is 19.8 Å². The van der Waals surface area contributed by atoms with Gasteiger partial charge < -0.3 is 16.4 Å². The third-order valence-corrected chi connectivity index (χ3v) is 3.24. The van der Waals surface area contributed by atoms with Crippen molar-refractivity contribution in [2.45, 2.75) is 25.8 Å². The molecule has 1 fully saturated rings. The molecule has 0 amide bonds. The lowest BCUT2D eigenvalue weighted by molar-refractivity contribution is 0.619. The molecule has 88 valence electrons. The molecule has 4 N–H and O–H groups in total. The van der Waals surface area contributed by atoms with Crippen molar-refractivity contribution in [3.63, 3.8) is 0 Å². The standard InChI is InChI=1S/C11H15ClFN3/c1-2-16(6-3-4-6)11-8(15)5-7(14)9(12)10(11)13/h5-6H,2-4,14-15H2,1H3. The van der Waals surface area contributed by atoms with Crippen molar-refractivity contribution in [2.24, 2.45) is 0 Å². The molecule has 1 aromatic rings. The molecule has 2 rings (SSSR count). The van der Waals surface area contributed by atoms with Crippen molar-refractivity contribution in [3.8, 4) is 0 Å². The first-order chi connectivity index (χ1) is 7.56. The van der Waals surface area contributed by atoms with Crippen LogP contribution >= 0.6 is 11.6 Å². The summed E-state index contributed by atoms with van der Waals surface area (Å²) in [6, 6.07) is 1.91. The molecule has 0 radical (unpaired) electrons. The molecule has 1 aliphatic rings. The molecule has 0 heterocycles. The van der Waals surface area contributed by atoms with Crippen molar-refractivity contribution in [1.29, 1.82) is 0 Å². The number of hydrogen-bond donors (Lipinski definition) is 2. The van der Waals surface area contributed by atoms with E-state index in [9.17, 15) is 4.39 Å². The number of nitrogens with two attached hydrogens (primary N) is 2. The van der Waals surface area contributed by atoms with Crippen LogP contribution in [0.4, 0.5) is 21.5 Å². The van der Waals surface area contributed by atoms with Crippen LogP contribution in [0.25, 0.3) is 0 Å². The second-order valence-electron chi connectivity index (χ2n) is 4.05. The number of halogens is 2. The molecule has 5 heteroatoms. The lowest BCUT2D eigenvalue weighted by Gasteiger charge is -2.25. The van der Waals surface area contributed by atoms with E-state index in [1.807, 2.05) is 11.8 Å². The fraction of sp³-hybridized carbons (Fsp3) is 0.455. The van der Waals surface area contributed by atoms with Crippen LogP contribution in [0.2, 0.25) is 5.02 Å². The van der Waals surface area contributed by atoms with Crippen LogP contribution in [0.3, 0.4) is 0 Å². The smallest absolute Gasteiger partial charge is 0.169 e. The number of hydrogen-bond acceptors (Lipinski definition) is 3. The Balaban J connectivity index is 2.49. The summed E-state index contributed by atoms with van der Waals surface area (Å²) >= 11 is 5.80. The molecule has 0 bridgehead atoms. The fourth-order valence-corrected chi connectivity index (χ4v) is 2.08. The molecule has 1 aliphatic carbocycles. The van der Waals surface area contributed by atoms with Gasteiger partial charge in [0.1, 0.15) is 5.02 Å². The van der Waals surface area contributed by atoms with E-state index in [0.717, 1.165) is 12.8 Å². The Bertz CT molecular complexity index is 418. The van der Waals surface area contributed by atoms with Gasteiger partial charge in [-0.3, -0.25) is 0 Å². The van der Waals surface area contributed by atoms with Gasteiger partial charge in [-0.1, -0.05) is 11.6 Å². The number of nitrogens with zero attached hydrogens (tertiary/aromatic N) is 1. The topological polar surface area (TPSA) is 55.3 Å². The molecule has 16 heavy (non-hydrogen) atoms. The highest BCUT2D eigenvalue weighted by Gasteiger charge is 2.31. The predicted octanol–water partition coefficient (Wildman–Crippen LogP) is 2.63. The van der Waals surface area contributed by atoms with Crippen LogP contribution in [-0.2, 0) is 0 Å². The summed E-state index contributed by atoms with van der Waals surface area (Å²) in [5.74, 6) is -0.507. The minimum atomic E-state index is -0.507. The molecular weight excluding hydrogens is 229 g/mol. The Labute approximate surface area is 99.2 Å². The van der Waals surface area contributed by atoms with Gasteiger partial charge in [0, 0.05) is 12.6 Å². The molecule has 0 saturated heterocycles. The van der Waals surface area contributed by atoms with E-state index in [2.05, 4.69) is 0 Å². The van der Waals surface area contributed by atoms with Gasteiger partial charge in [0.2, 0.25) is 0 Å². The second kappa shape index (κ2) is 4.01. The van der Waals surface area contributed by atoms with Gasteiger partial charge in [-0.05, 0) is 25.8 Å². The minimum Gasteiger partial charge on any atom is -0.397 e. The average Bonchev–Trinajstić information content (AvgIpc) is 3.05. The first kappa shape index (κ1) is 11.3. The third-order valence-electron chi connectivity index (χ3n) is 2.85. The molecule has 0 aromatic heterocycles. The summed E-state index contributed by atoms with van der Waals surface area (Å²) in [6.07, 6.45) is 2.16. The van der Waals surface area contributed by atoms with Gasteiger partial charge >= 0.3 is 0 Å². The van der Waals surface area contributed by atoms with Crippen LogP contribution in [0, 0.1) is 5.82 Å². The monoisotopic (exact) mass is 243 g/mol. The van der Waals surface area contributed by atoms with Gasteiger partial charge in [-0.25, -0.2) is 4.39 Å². The van der Waals surface area contributed by atoms with Gasteiger partial charge in [-0.15, -0.1) is 0 Å². The summed E-state index contributed by atoms with van der Waals surface area (Å²) in [5.41, 5.74) is 12.3. The maximum atomic E-state index is 14.0. The van der Waals surface area contributed by atoms with Gasteiger partial charge in [0.05, 0.1) is 17.1 Å². The normalized spacial score (nSPS) is 15.2. The zero-order valence-electron chi connectivity index (χ0n) is 9.13. The lowest BCUT2D eigenvalue weighted by Crippen LogP contribution is -2.27. The average molecular weight is 244 g/mol.